The van der Waals surface area contributed by atoms with Gasteiger partial charge in [-0.3, -0.25) is 9.59 Å². The number of likely N-dealkylation sites (tertiary alicyclic amines) is 1. The molecule has 0 spiro atoms. The van der Waals surface area contributed by atoms with E-state index in [1.165, 1.54) is 5.56 Å². The minimum Gasteiger partial charge on any atom is -0.343 e. The summed E-state index contributed by atoms with van der Waals surface area (Å²) in [4.78, 5) is 26.9. The third-order valence-corrected chi connectivity index (χ3v) is 5.48. The Kier molecular flexibility index (Phi) is 7.64. The van der Waals surface area contributed by atoms with E-state index in [4.69, 9.17) is 5.73 Å². The molecule has 1 aromatic rings. The summed E-state index contributed by atoms with van der Waals surface area (Å²) in [7, 11) is 0. The van der Waals surface area contributed by atoms with E-state index in [1.807, 2.05) is 24.8 Å². The Morgan fingerprint density at radius 2 is 1.81 bits per heavy atom. The molecule has 144 valence electrons. The maximum absolute atomic E-state index is 13.0. The predicted molar refractivity (Wildman–Crippen MR) is 104 cm³/mol. The van der Waals surface area contributed by atoms with Crippen LogP contribution in [0.25, 0.3) is 0 Å². The second kappa shape index (κ2) is 9.72. The Morgan fingerprint density at radius 3 is 2.35 bits per heavy atom. The number of nitrogens with one attached hydrogen (secondary N) is 1. The summed E-state index contributed by atoms with van der Waals surface area (Å²) in [6.45, 7) is 7.21. The fourth-order valence-corrected chi connectivity index (χ4v) is 3.47. The Labute approximate surface area is 157 Å². The van der Waals surface area contributed by atoms with Crippen LogP contribution in [0.3, 0.4) is 0 Å². The smallest absolute Gasteiger partial charge is 0.245 e. The van der Waals surface area contributed by atoms with Crippen molar-refractivity contribution < 1.29 is 9.59 Å². The van der Waals surface area contributed by atoms with Crippen molar-refractivity contribution in [1.82, 2.24) is 10.2 Å². The summed E-state index contributed by atoms with van der Waals surface area (Å²) in [5.74, 6) is 0.475. The standard InChI is InChI=1S/C21H33N3O2/c1-4-15(2)19(23-20(25)16(3)22)21(26)24-12-10-18(11-13-24)14-17-8-6-5-7-9-17/h5-9,15-16,18-19H,4,10-14,22H2,1-3H3,(H,23,25)/t15?,16-,19?/m0/s1. The van der Waals surface area contributed by atoms with Crippen LogP contribution in [0.4, 0.5) is 0 Å². The maximum atomic E-state index is 13.0. The molecule has 5 heteroatoms. The van der Waals surface area contributed by atoms with Crippen LogP contribution in [-0.4, -0.2) is 41.9 Å². The normalized spacial score (nSPS) is 18.8. The fourth-order valence-electron chi connectivity index (χ4n) is 3.47. The van der Waals surface area contributed by atoms with E-state index in [-0.39, 0.29) is 17.7 Å². The number of rotatable bonds is 7. The zero-order valence-electron chi connectivity index (χ0n) is 16.3. The number of hydrogen-bond donors (Lipinski definition) is 2. The number of carbonyl (C=O) groups is 2. The molecule has 1 aromatic carbocycles. The Hall–Kier alpha value is -1.88. The highest BCUT2D eigenvalue weighted by Crippen LogP contribution is 2.23. The molecule has 26 heavy (non-hydrogen) atoms. The minimum absolute atomic E-state index is 0.0338. The average molecular weight is 360 g/mol. The highest BCUT2D eigenvalue weighted by Gasteiger charge is 2.32. The molecular formula is C21H33N3O2. The highest BCUT2D eigenvalue weighted by atomic mass is 16.2. The molecule has 1 aliphatic rings. The van der Waals surface area contributed by atoms with Crippen LogP contribution < -0.4 is 11.1 Å². The summed E-state index contributed by atoms with van der Waals surface area (Å²) < 4.78 is 0. The van der Waals surface area contributed by atoms with Gasteiger partial charge in [0.05, 0.1) is 6.04 Å². The van der Waals surface area contributed by atoms with E-state index in [2.05, 4.69) is 29.6 Å². The predicted octanol–water partition coefficient (Wildman–Crippen LogP) is 2.35. The summed E-state index contributed by atoms with van der Waals surface area (Å²) in [6, 6.07) is 9.43. The van der Waals surface area contributed by atoms with Gasteiger partial charge in [0, 0.05) is 13.1 Å². The number of hydrogen-bond acceptors (Lipinski definition) is 3. The van der Waals surface area contributed by atoms with Crippen molar-refractivity contribution in [3.05, 3.63) is 35.9 Å². The van der Waals surface area contributed by atoms with Gasteiger partial charge in [-0.1, -0.05) is 50.6 Å². The first-order chi connectivity index (χ1) is 12.4. The highest BCUT2D eigenvalue weighted by molar-refractivity contribution is 5.89. The van der Waals surface area contributed by atoms with Gasteiger partial charge in [0.2, 0.25) is 11.8 Å². The van der Waals surface area contributed by atoms with E-state index < -0.39 is 12.1 Å². The molecule has 1 aliphatic heterocycles. The fraction of sp³-hybridized carbons (Fsp3) is 0.619. The number of amides is 2. The largest absolute Gasteiger partial charge is 0.343 e. The van der Waals surface area contributed by atoms with Crippen LogP contribution in [0.15, 0.2) is 30.3 Å². The SMILES string of the molecule is CCC(C)C(NC(=O)[C@H](C)N)C(=O)N1CCC(Cc2ccccc2)CC1. The van der Waals surface area contributed by atoms with Gasteiger partial charge in [0.1, 0.15) is 6.04 Å². The zero-order valence-corrected chi connectivity index (χ0v) is 16.3. The molecule has 2 amide bonds. The van der Waals surface area contributed by atoms with Gasteiger partial charge in [-0.2, -0.15) is 0 Å². The van der Waals surface area contributed by atoms with E-state index in [0.717, 1.165) is 38.8 Å². The van der Waals surface area contributed by atoms with Gasteiger partial charge in [-0.25, -0.2) is 0 Å². The monoisotopic (exact) mass is 359 g/mol. The van der Waals surface area contributed by atoms with Crippen molar-refractivity contribution in [3.63, 3.8) is 0 Å². The van der Waals surface area contributed by atoms with Crippen LogP contribution in [0, 0.1) is 11.8 Å². The summed E-state index contributed by atoms with van der Waals surface area (Å²) >= 11 is 0. The average Bonchev–Trinajstić information content (AvgIpc) is 2.66. The maximum Gasteiger partial charge on any atom is 0.245 e. The van der Waals surface area contributed by atoms with Crippen LogP contribution in [0.1, 0.15) is 45.6 Å². The van der Waals surface area contributed by atoms with Crippen molar-refractivity contribution in [1.29, 1.82) is 0 Å². The summed E-state index contributed by atoms with van der Waals surface area (Å²) in [5, 5.41) is 2.86. The molecule has 2 rings (SSSR count). The van der Waals surface area contributed by atoms with E-state index in [0.29, 0.717) is 5.92 Å². The van der Waals surface area contributed by atoms with Crippen LogP contribution >= 0.6 is 0 Å². The lowest BCUT2D eigenvalue weighted by Gasteiger charge is -2.36. The van der Waals surface area contributed by atoms with Gasteiger partial charge >= 0.3 is 0 Å². The first kappa shape index (κ1) is 20.4. The molecule has 0 radical (unpaired) electrons. The third-order valence-electron chi connectivity index (χ3n) is 5.48. The first-order valence-corrected chi connectivity index (χ1v) is 9.81. The lowest BCUT2D eigenvalue weighted by atomic mass is 9.89. The third kappa shape index (κ3) is 5.56. The molecule has 0 saturated carbocycles. The number of nitrogens with zero attached hydrogens (tertiary/aromatic N) is 1. The molecule has 0 aliphatic carbocycles. The lowest BCUT2D eigenvalue weighted by molar-refractivity contribution is -0.139. The Balaban J connectivity index is 1.92. The topological polar surface area (TPSA) is 75.4 Å². The quantitative estimate of drug-likeness (QED) is 0.785. The molecule has 0 bridgehead atoms. The lowest BCUT2D eigenvalue weighted by Crippen LogP contribution is -2.55. The van der Waals surface area contributed by atoms with E-state index in [9.17, 15) is 9.59 Å². The van der Waals surface area contributed by atoms with Crippen molar-refractivity contribution in [2.75, 3.05) is 13.1 Å². The molecule has 2 unspecified atom stereocenters. The van der Waals surface area contributed by atoms with Crippen molar-refractivity contribution in [3.8, 4) is 0 Å². The number of piperidine rings is 1. The summed E-state index contributed by atoms with van der Waals surface area (Å²) in [5.41, 5.74) is 7.02. The van der Waals surface area contributed by atoms with Gasteiger partial charge in [-0.15, -0.1) is 0 Å². The van der Waals surface area contributed by atoms with Crippen molar-refractivity contribution in [2.24, 2.45) is 17.6 Å². The Bertz CT molecular complexity index is 580. The first-order valence-electron chi connectivity index (χ1n) is 9.81. The molecule has 0 aromatic heterocycles. The molecule has 3 N–H and O–H groups in total. The zero-order chi connectivity index (χ0) is 19.1. The summed E-state index contributed by atoms with van der Waals surface area (Å²) in [6.07, 6.45) is 3.92. The molecular weight excluding hydrogens is 326 g/mol. The van der Waals surface area contributed by atoms with Gasteiger partial charge in [0.25, 0.3) is 0 Å². The molecule has 1 saturated heterocycles. The Morgan fingerprint density at radius 1 is 1.19 bits per heavy atom. The number of benzene rings is 1. The van der Waals surface area contributed by atoms with Crippen LogP contribution in [-0.2, 0) is 16.0 Å². The van der Waals surface area contributed by atoms with Crippen LogP contribution in [0.2, 0.25) is 0 Å². The minimum atomic E-state index is -0.606. The molecule has 5 nitrogen and oxygen atoms in total. The number of carbonyl (C=O) groups excluding carboxylic acids is 2. The molecule has 1 fully saturated rings. The second-order valence-electron chi connectivity index (χ2n) is 7.62. The second-order valence-corrected chi connectivity index (χ2v) is 7.62. The molecule has 3 atom stereocenters. The van der Waals surface area contributed by atoms with E-state index in [1.54, 1.807) is 6.92 Å². The van der Waals surface area contributed by atoms with Crippen molar-refractivity contribution in [2.45, 2.75) is 58.5 Å². The number of nitrogens with two attached hydrogens (primary N) is 1. The van der Waals surface area contributed by atoms with Crippen LogP contribution in [0.5, 0.6) is 0 Å². The van der Waals surface area contributed by atoms with Gasteiger partial charge < -0.3 is 16.0 Å². The van der Waals surface area contributed by atoms with Gasteiger partial charge in [-0.05, 0) is 43.6 Å². The molecule has 1 heterocycles. The van der Waals surface area contributed by atoms with Gasteiger partial charge in [0.15, 0.2) is 0 Å². The van der Waals surface area contributed by atoms with E-state index >= 15 is 0 Å². The van der Waals surface area contributed by atoms with Crippen molar-refractivity contribution >= 4 is 11.8 Å².